The zero-order chi connectivity index (χ0) is 8.55. The lowest BCUT2D eigenvalue weighted by atomic mass is 9.75. The molecule has 0 aliphatic heterocycles. The van der Waals surface area contributed by atoms with Crippen LogP contribution in [0.15, 0.2) is 12.4 Å². The summed E-state index contributed by atoms with van der Waals surface area (Å²) in [6.07, 6.45) is 6.34. The summed E-state index contributed by atoms with van der Waals surface area (Å²) in [7, 11) is 0. The van der Waals surface area contributed by atoms with E-state index in [1.54, 1.807) is 6.20 Å². The van der Waals surface area contributed by atoms with Gasteiger partial charge in [-0.25, -0.2) is 0 Å². The van der Waals surface area contributed by atoms with Gasteiger partial charge in [0.15, 0.2) is 0 Å². The molecule has 1 fully saturated rings. The highest BCUT2D eigenvalue weighted by Gasteiger charge is 2.26. The van der Waals surface area contributed by atoms with Gasteiger partial charge in [0.1, 0.15) is 0 Å². The van der Waals surface area contributed by atoms with Crippen molar-refractivity contribution in [2.24, 2.45) is 11.8 Å². The fourth-order valence-corrected chi connectivity index (χ4v) is 1.73. The quantitative estimate of drug-likeness (QED) is 0.722. The van der Waals surface area contributed by atoms with Gasteiger partial charge in [-0.2, -0.15) is 5.10 Å². The van der Waals surface area contributed by atoms with E-state index in [4.69, 9.17) is 5.73 Å². The van der Waals surface area contributed by atoms with Gasteiger partial charge in [0.2, 0.25) is 0 Å². The van der Waals surface area contributed by atoms with E-state index >= 15 is 0 Å². The second-order valence-electron chi connectivity index (χ2n) is 3.81. The van der Waals surface area contributed by atoms with Crippen LogP contribution in [0.1, 0.15) is 19.8 Å². The van der Waals surface area contributed by atoms with Crippen molar-refractivity contribution in [3.05, 3.63) is 12.4 Å². The van der Waals surface area contributed by atoms with Crippen molar-refractivity contribution in [2.75, 3.05) is 5.73 Å². The maximum Gasteiger partial charge on any atom is 0.0719 e. The number of anilines is 1. The highest BCUT2D eigenvalue weighted by Crippen LogP contribution is 2.34. The van der Waals surface area contributed by atoms with Gasteiger partial charge in [-0.05, 0) is 18.3 Å². The SMILES string of the molecule is C[C@H]1CC[C@@H]1Cn1cc(N)cn1. The predicted octanol–water partition coefficient (Wildman–Crippen LogP) is 1.51. The Morgan fingerprint density at radius 1 is 1.67 bits per heavy atom. The van der Waals surface area contributed by atoms with Gasteiger partial charge in [-0.3, -0.25) is 4.68 Å². The van der Waals surface area contributed by atoms with Crippen LogP contribution in [-0.2, 0) is 6.54 Å². The van der Waals surface area contributed by atoms with Crippen LogP contribution >= 0.6 is 0 Å². The fourth-order valence-electron chi connectivity index (χ4n) is 1.73. The average molecular weight is 165 g/mol. The Bertz CT molecular complexity index is 266. The first kappa shape index (κ1) is 7.65. The van der Waals surface area contributed by atoms with Gasteiger partial charge in [0.25, 0.3) is 0 Å². The summed E-state index contributed by atoms with van der Waals surface area (Å²) in [6.45, 7) is 3.35. The van der Waals surface area contributed by atoms with Crippen molar-refractivity contribution < 1.29 is 0 Å². The van der Waals surface area contributed by atoms with Crippen LogP contribution in [0.5, 0.6) is 0 Å². The van der Waals surface area contributed by atoms with Crippen molar-refractivity contribution in [1.29, 1.82) is 0 Å². The number of rotatable bonds is 2. The molecule has 66 valence electrons. The molecule has 0 spiro atoms. The number of hydrogen-bond acceptors (Lipinski definition) is 2. The van der Waals surface area contributed by atoms with Crippen LogP contribution in [0, 0.1) is 11.8 Å². The monoisotopic (exact) mass is 165 g/mol. The second-order valence-corrected chi connectivity index (χ2v) is 3.81. The van der Waals surface area contributed by atoms with Crippen LogP contribution in [-0.4, -0.2) is 9.78 Å². The van der Waals surface area contributed by atoms with Gasteiger partial charge in [0, 0.05) is 12.7 Å². The Morgan fingerprint density at radius 3 is 2.92 bits per heavy atom. The zero-order valence-electron chi connectivity index (χ0n) is 7.40. The second kappa shape index (κ2) is 2.81. The molecule has 1 aliphatic carbocycles. The topological polar surface area (TPSA) is 43.8 Å². The smallest absolute Gasteiger partial charge is 0.0719 e. The lowest BCUT2D eigenvalue weighted by Gasteiger charge is -2.33. The number of aromatic nitrogens is 2. The molecule has 0 saturated heterocycles. The van der Waals surface area contributed by atoms with Crippen molar-refractivity contribution in [3.8, 4) is 0 Å². The normalized spacial score (nSPS) is 28.4. The van der Waals surface area contributed by atoms with Gasteiger partial charge >= 0.3 is 0 Å². The minimum absolute atomic E-state index is 0.766. The van der Waals surface area contributed by atoms with Crippen LogP contribution < -0.4 is 5.73 Å². The first-order valence-corrected chi connectivity index (χ1v) is 4.53. The lowest BCUT2D eigenvalue weighted by molar-refractivity contribution is 0.165. The van der Waals surface area contributed by atoms with Gasteiger partial charge in [-0.1, -0.05) is 13.3 Å². The molecule has 1 saturated carbocycles. The molecule has 3 heteroatoms. The van der Waals surface area contributed by atoms with E-state index in [1.807, 2.05) is 10.9 Å². The Labute approximate surface area is 72.6 Å². The molecule has 0 aromatic carbocycles. The summed E-state index contributed by atoms with van der Waals surface area (Å²) in [5.41, 5.74) is 6.33. The molecule has 1 heterocycles. The van der Waals surface area contributed by atoms with Crippen molar-refractivity contribution in [2.45, 2.75) is 26.3 Å². The van der Waals surface area contributed by atoms with E-state index in [0.717, 1.165) is 24.1 Å². The maximum absolute atomic E-state index is 5.57. The molecule has 0 bridgehead atoms. The molecule has 3 nitrogen and oxygen atoms in total. The third-order valence-electron chi connectivity index (χ3n) is 2.87. The number of nitrogen functional groups attached to an aromatic ring is 1. The van der Waals surface area contributed by atoms with Crippen LogP contribution in [0.3, 0.4) is 0 Å². The minimum Gasteiger partial charge on any atom is -0.396 e. The molecule has 1 aromatic heterocycles. The van der Waals surface area contributed by atoms with Crippen molar-refractivity contribution in [1.82, 2.24) is 9.78 Å². The van der Waals surface area contributed by atoms with E-state index in [1.165, 1.54) is 12.8 Å². The molecule has 1 aromatic rings. The molecular formula is C9H15N3. The molecule has 1 aliphatic rings. The molecule has 12 heavy (non-hydrogen) atoms. The Hall–Kier alpha value is -0.990. The van der Waals surface area contributed by atoms with E-state index in [-0.39, 0.29) is 0 Å². The van der Waals surface area contributed by atoms with E-state index in [9.17, 15) is 0 Å². The van der Waals surface area contributed by atoms with Gasteiger partial charge < -0.3 is 5.73 Å². The third-order valence-corrected chi connectivity index (χ3v) is 2.87. The third kappa shape index (κ3) is 1.31. The summed E-state index contributed by atoms with van der Waals surface area (Å²) < 4.78 is 1.95. The predicted molar refractivity (Wildman–Crippen MR) is 48.5 cm³/mol. The van der Waals surface area contributed by atoms with Crippen LogP contribution in [0.2, 0.25) is 0 Å². The Balaban J connectivity index is 1.95. The molecule has 0 unspecified atom stereocenters. The van der Waals surface area contributed by atoms with Gasteiger partial charge in [0.05, 0.1) is 11.9 Å². The van der Waals surface area contributed by atoms with Crippen molar-refractivity contribution >= 4 is 5.69 Å². The molecule has 0 amide bonds. The largest absolute Gasteiger partial charge is 0.396 e. The summed E-state index contributed by atoms with van der Waals surface area (Å²) in [5.74, 6) is 1.69. The standard InChI is InChI=1S/C9H15N3/c1-7-2-3-8(7)5-12-6-9(10)4-11-12/h4,6-8H,2-3,5,10H2,1H3/t7-,8+/m0/s1. The molecule has 2 N–H and O–H groups in total. The first-order chi connectivity index (χ1) is 5.75. The number of nitrogens with zero attached hydrogens (tertiary/aromatic N) is 2. The van der Waals surface area contributed by atoms with E-state index in [2.05, 4.69) is 12.0 Å². The summed E-state index contributed by atoms with van der Waals surface area (Å²) >= 11 is 0. The van der Waals surface area contributed by atoms with E-state index < -0.39 is 0 Å². The Kier molecular flexibility index (Phi) is 1.79. The zero-order valence-corrected chi connectivity index (χ0v) is 7.40. The minimum atomic E-state index is 0.766. The first-order valence-electron chi connectivity index (χ1n) is 4.53. The lowest BCUT2D eigenvalue weighted by Crippen LogP contribution is -2.27. The number of hydrogen-bond donors (Lipinski definition) is 1. The van der Waals surface area contributed by atoms with Crippen molar-refractivity contribution in [3.63, 3.8) is 0 Å². The average Bonchev–Trinajstić information content (AvgIpc) is 2.44. The molecule has 2 rings (SSSR count). The van der Waals surface area contributed by atoms with Crippen LogP contribution in [0.4, 0.5) is 5.69 Å². The highest BCUT2D eigenvalue weighted by molar-refractivity contribution is 5.30. The molecule has 2 atom stereocenters. The van der Waals surface area contributed by atoms with Crippen LogP contribution in [0.25, 0.3) is 0 Å². The summed E-state index contributed by atoms with van der Waals surface area (Å²) in [5, 5.41) is 4.16. The Morgan fingerprint density at radius 2 is 2.50 bits per heavy atom. The summed E-state index contributed by atoms with van der Waals surface area (Å²) in [6, 6.07) is 0. The fraction of sp³-hybridized carbons (Fsp3) is 0.667. The maximum atomic E-state index is 5.57. The highest BCUT2D eigenvalue weighted by atomic mass is 15.3. The van der Waals surface area contributed by atoms with E-state index in [0.29, 0.717) is 0 Å². The molecule has 0 radical (unpaired) electrons. The number of nitrogens with two attached hydrogens (primary N) is 1. The summed E-state index contributed by atoms with van der Waals surface area (Å²) in [4.78, 5) is 0. The molecular weight excluding hydrogens is 150 g/mol. The van der Waals surface area contributed by atoms with Gasteiger partial charge in [-0.15, -0.1) is 0 Å².